The van der Waals surface area contributed by atoms with Gasteiger partial charge in [-0.15, -0.1) is 0 Å². The zero-order valence-electron chi connectivity index (χ0n) is 20.4. The smallest absolute Gasteiger partial charge is 0.292 e. The van der Waals surface area contributed by atoms with Gasteiger partial charge in [0.15, 0.2) is 5.76 Å². The molecule has 11 heteroatoms. The van der Waals surface area contributed by atoms with Gasteiger partial charge in [-0.05, 0) is 55.5 Å². The number of amides is 1. The molecule has 0 aliphatic rings. The van der Waals surface area contributed by atoms with Crippen molar-refractivity contribution in [2.24, 2.45) is 5.14 Å². The van der Waals surface area contributed by atoms with Crippen LogP contribution in [0.4, 0.5) is 5.00 Å². The van der Waals surface area contributed by atoms with Crippen molar-refractivity contribution in [3.8, 4) is 28.7 Å². The Bertz CT molecular complexity index is 1820. The molecule has 0 aliphatic heterocycles. The monoisotopic (exact) mass is 556 g/mol. The second-order valence-corrected chi connectivity index (χ2v) is 11.0. The van der Waals surface area contributed by atoms with Gasteiger partial charge in [0.05, 0.1) is 16.7 Å². The molecule has 1 amide bonds. The van der Waals surface area contributed by atoms with Gasteiger partial charge in [-0.3, -0.25) is 4.79 Å². The van der Waals surface area contributed by atoms with Crippen LogP contribution in [0.3, 0.4) is 0 Å². The Hall–Kier alpha value is -4.76. The maximum absolute atomic E-state index is 12.7. The number of nitriles is 1. The first-order chi connectivity index (χ1) is 18.7. The summed E-state index contributed by atoms with van der Waals surface area (Å²) in [5.74, 6) is 0.585. The number of primary sulfonamides is 1. The standard InChI is InChI=1S/C28H20N4O5S2/c1-17-4-6-19(7-5-17)25-28(32-26(33)24-3-2-14-36-24)38-27(31-25)20(16-29)15-21-10-13-23(37-21)18-8-11-22(12-9-18)39(30,34)35/h2-15H,1H3,(H,32,33)(H2,30,34,35)/b20-15+. The van der Waals surface area contributed by atoms with Crippen molar-refractivity contribution < 1.29 is 22.0 Å². The van der Waals surface area contributed by atoms with Crippen LogP contribution in [0.5, 0.6) is 0 Å². The number of rotatable bonds is 7. The fourth-order valence-corrected chi connectivity index (χ4v) is 5.14. The first-order valence-corrected chi connectivity index (χ1v) is 13.9. The molecule has 2 aromatic carbocycles. The van der Waals surface area contributed by atoms with Crippen LogP contribution in [0.1, 0.15) is 26.9 Å². The number of aromatic nitrogens is 1. The fraction of sp³-hybridized carbons (Fsp3) is 0.0357. The van der Waals surface area contributed by atoms with Crippen LogP contribution in [0, 0.1) is 18.3 Å². The minimum atomic E-state index is -3.80. The second-order valence-electron chi connectivity index (χ2n) is 8.44. The quantitative estimate of drug-likeness (QED) is 0.235. The molecule has 194 valence electrons. The number of nitrogens with zero attached hydrogens (tertiary/aromatic N) is 2. The van der Waals surface area contributed by atoms with E-state index in [9.17, 15) is 18.5 Å². The maximum atomic E-state index is 12.7. The summed E-state index contributed by atoms with van der Waals surface area (Å²) in [5.41, 5.74) is 3.24. The zero-order chi connectivity index (χ0) is 27.6. The van der Waals surface area contributed by atoms with Crippen LogP contribution < -0.4 is 10.5 Å². The highest BCUT2D eigenvalue weighted by Crippen LogP contribution is 2.37. The average molecular weight is 557 g/mol. The van der Waals surface area contributed by atoms with Gasteiger partial charge in [-0.1, -0.05) is 41.2 Å². The Labute approximate surface area is 227 Å². The van der Waals surface area contributed by atoms with Crippen molar-refractivity contribution in [2.45, 2.75) is 11.8 Å². The molecule has 0 atom stereocenters. The highest BCUT2D eigenvalue weighted by molar-refractivity contribution is 7.89. The molecule has 0 bridgehead atoms. The summed E-state index contributed by atoms with van der Waals surface area (Å²) in [5, 5.41) is 18.8. The molecule has 0 fully saturated rings. The molecule has 3 N–H and O–H groups in total. The Kier molecular flexibility index (Phi) is 7.00. The van der Waals surface area contributed by atoms with E-state index in [0.29, 0.717) is 32.8 Å². The molecule has 0 unspecified atom stereocenters. The summed E-state index contributed by atoms with van der Waals surface area (Å²) in [6.45, 7) is 1.97. The third kappa shape index (κ3) is 5.73. The zero-order valence-corrected chi connectivity index (χ0v) is 22.0. The van der Waals surface area contributed by atoms with E-state index in [0.717, 1.165) is 22.5 Å². The first-order valence-electron chi connectivity index (χ1n) is 11.5. The molecule has 39 heavy (non-hydrogen) atoms. The Morgan fingerprint density at radius 1 is 1.05 bits per heavy atom. The van der Waals surface area contributed by atoms with Gasteiger partial charge in [0.25, 0.3) is 5.91 Å². The molecule has 0 aliphatic carbocycles. The van der Waals surface area contributed by atoms with Crippen LogP contribution in [0.2, 0.25) is 0 Å². The number of thiazole rings is 1. The van der Waals surface area contributed by atoms with Crippen molar-refractivity contribution in [1.82, 2.24) is 4.98 Å². The number of sulfonamides is 1. The summed E-state index contributed by atoms with van der Waals surface area (Å²) < 4.78 is 34.1. The van der Waals surface area contributed by atoms with Crippen LogP contribution >= 0.6 is 11.3 Å². The molecule has 0 spiro atoms. The number of aryl methyl sites for hydroxylation is 1. The molecule has 3 aromatic heterocycles. The molecular formula is C28H20N4O5S2. The molecule has 0 radical (unpaired) electrons. The molecule has 0 saturated carbocycles. The van der Waals surface area contributed by atoms with Crippen molar-refractivity contribution in [1.29, 1.82) is 5.26 Å². The third-order valence-corrected chi connectivity index (χ3v) is 7.59. The lowest BCUT2D eigenvalue weighted by Gasteiger charge is -2.04. The van der Waals surface area contributed by atoms with Crippen LogP contribution in [0.25, 0.3) is 34.2 Å². The lowest BCUT2D eigenvalue weighted by Crippen LogP contribution is -2.11. The maximum Gasteiger partial charge on any atom is 0.292 e. The Morgan fingerprint density at radius 3 is 2.41 bits per heavy atom. The molecule has 5 rings (SSSR count). The average Bonchev–Trinajstić information content (AvgIpc) is 3.69. The summed E-state index contributed by atoms with van der Waals surface area (Å²) >= 11 is 1.16. The van der Waals surface area contributed by atoms with E-state index in [1.165, 1.54) is 18.4 Å². The van der Waals surface area contributed by atoms with E-state index >= 15 is 0 Å². The first kappa shape index (κ1) is 25.9. The van der Waals surface area contributed by atoms with Gasteiger partial charge < -0.3 is 14.2 Å². The number of benzene rings is 2. The number of carbonyl (C=O) groups is 1. The summed E-state index contributed by atoms with van der Waals surface area (Å²) in [4.78, 5) is 17.4. The minimum Gasteiger partial charge on any atom is -0.459 e. The van der Waals surface area contributed by atoms with E-state index in [4.69, 9.17) is 14.0 Å². The van der Waals surface area contributed by atoms with Gasteiger partial charge in [-0.25, -0.2) is 18.5 Å². The van der Waals surface area contributed by atoms with Gasteiger partial charge in [0, 0.05) is 17.2 Å². The summed E-state index contributed by atoms with van der Waals surface area (Å²) in [7, 11) is -3.80. The summed E-state index contributed by atoms with van der Waals surface area (Å²) in [6.07, 6.45) is 2.97. The predicted octanol–water partition coefficient (Wildman–Crippen LogP) is 5.94. The third-order valence-electron chi connectivity index (χ3n) is 5.66. The van der Waals surface area contributed by atoms with Gasteiger partial charge >= 0.3 is 0 Å². The number of hydrogen-bond acceptors (Lipinski definition) is 8. The number of furan rings is 2. The SMILES string of the molecule is Cc1ccc(-c2nc(/C(C#N)=C/c3ccc(-c4ccc(S(N)(=O)=O)cc4)o3)sc2NC(=O)c2ccco2)cc1. The van der Waals surface area contributed by atoms with Crippen molar-refractivity contribution in [3.05, 3.63) is 101 Å². The minimum absolute atomic E-state index is 0.00668. The molecular weight excluding hydrogens is 536 g/mol. The van der Waals surface area contributed by atoms with E-state index in [1.807, 2.05) is 31.2 Å². The Balaban J connectivity index is 1.48. The number of carbonyl (C=O) groups excluding carboxylic acids is 1. The van der Waals surface area contributed by atoms with E-state index < -0.39 is 15.9 Å². The van der Waals surface area contributed by atoms with Gasteiger partial charge in [0.1, 0.15) is 33.3 Å². The van der Waals surface area contributed by atoms with Crippen LogP contribution in [-0.4, -0.2) is 19.3 Å². The van der Waals surface area contributed by atoms with Crippen molar-refractivity contribution >= 4 is 43.9 Å². The molecule has 9 nitrogen and oxygen atoms in total. The number of nitrogens with two attached hydrogens (primary N) is 1. The number of allylic oxidation sites excluding steroid dienone is 1. The molecule has 5 aromatic rings. The lowest BCUT2D eigenvalue weighted by atomic mass is 10.1. The van der Waals surface area contributed by atoms with E-state index in [1.54, 1.807) is 42.5 Å². The summed E-state index contributed by atoms with van der Waals surface area (Å²) in [6, 6.07) is 22.4. The predicted molar refractivity (Wildman–Crippen MR) is 148 cm³/mol. The van der Waals surface area contributed by atoms with Gasteiger partial charge in [-0.2, -0.15) is 5.26 Å². The second kappa shape index (κ2) is 10.5. The normalized spacial score (nSPS) is 11.8. The number of hydrogen-bond donors (Lipinski definition) is 2. The van der Waals surface area contributed by atoms with Crippen molar-refractivity contribution in [2.75, 3.05) is 5.32 Å². The van der Waals surface area contributed by atoms with E-state index in [2.05, 4.69) is 16.4 Å². The van der Waals surface area contributed by atoms with Crippen LogP contribution in [-0.2, 0) is 10.0 Å². The van der Waals surface area contributed by atoms with Gasteiger partial charge in [0.2, 0.25) is 10.0 Å². The highest BCUT2D eigenvalue weighted by atomic mass is 32.2. The Morgan fingerprint density at radius 2 is 1.77 bits per heavy atom. The number of nitrogens with one attached hydrogen (secondary N) is 1. The highest BCUT2D eigenvalue weighted by Gasteiger charge is 2.20. The van der Waals surface area contributed by atoms with Crippen LogP contribution in [0.15, 0.2) is 92.8 Å². The molecule has 0 saturated heterocycles. The topological polar surface area (TPSA) is 152 Å². The number of anilines is 1. The lowest BCUT2D eigenvalue weighted by molar-refractivity contribution is 0.0997. The van der Waals surface area contributed by atoms with Crippen molar-refractivity contribution in [3.63, 3.8) is 0 Å². The molecule has 3 heterocycles. The van der Waals surface area contributed by atoms with E-state index in [-0.39, 0.29) is 16.2 Å². The fourth-order valence-electron chi connectivity index (χ4n) is 3.68. The largest absolute Gasteiger partial charge is 0.459 e.